The summed E-state index contributed by atoms with van der Waals surface area (Å²) >= 11 is 0. The first kappa shape index (κ1) is 8.43. The molecule has 0 N–H and O–H groups in total. The van der Waals surface area contributed by atoms with E-state index in [4.69, 9.17) is 9.47 Å². The van der Waals surface area contributed by atoms with E-state index < -0.39 is 0 Å². The highest BCUT2D eigenvalue weighted by molar-refractivity contribution is 5.50. The first-order valence-electron chi connectivity index (χ1n) is 3.68. The van der Waals surface area contributed by atoms with Crippen LogP contribution >= 0.6 is 0 Å². The Labute approximate surface area is 66.0 Å². The lowest BCUT2D eigenvalue weighted by molar-refractivity contribution is -0.113. The van der Waals surface area contributed by atoms with Crippen LogP contribution in [0.5, 0.6) is 0 Å². The standard InChI is InChI=1S/C8H12O3/c1-2-7(3-4-9)8-10-5-6-11-8/h2,4,7-8H,1,3,5-6H2. The van der Waals surface area contributed by atoms with Crippen molar-refractivity contribution in [2.75, 3.05) is 13.2 Å². The highest BCUT2D eigenvalue weighted by atomic mass is 16.7. The van der Waals surface area contributed by atoms with Gasteiger partial charge in [-0.1, -0.05) is 6.08 Å². The lowest BCUT2D eigenvalue weighted by Crippen LogP contribution is -2.19. The van der Waals surface area contributed by atoms with Gasteiger partial charge in [0.25, 0.3) is 0 Å². The second-order valence-corrected chi connectivity index (χ2v) is 2.41. The zero-order valence-electron chi connectivity index (χ0n) is 6.36. The normalized spacial score (nSPS) is 21.5. The molecule has 0 amide bonds. The fourth-order valence-corrected chi connectivity index (χ4v) is 1.05. The molecule has 62 valence electrons. The van der Waals surface area contributed by atoms with Crippen molar-refractivity contribution >= 4 is 6.29 Å². The minimum absolute atomic E-state index is 0.00926. The Bertz CT molecular complexity index is 138. The van der Waals surface area contributed by atoms with Crippen LogP contribution in [-0.4, -0.2) is 25.8 Å². The first-order valence-corrected chi connectivity index (χ1v) is 3.68. The van der Waals surface area contributed by atoms with Gasteiger partial charge in [0.1, 0.15) is 6.29 Å². The van der Waals surface area contributed by atoms with Crippen molar-refractivity contribution in [3.63, 3.8) is 0 Å². The summed E-state index contributed by atoms with van der Waals surface area (Å²) in [7, 11) is 0. The fourth-order valence-electron chi connectivity index (χ4n) is 1.05. The monoisotopic (exact) mass is 156 g/mol. The molecule has 1 rings (SSSR count). The second kappa shape index (κ2) is 4.26. The Morgan fingerprint density at radius 2 is 2.18 bits per heavy atom. The third kappa shape index (κ3) is 2.13. The molecule has 0 radical (unpaired) electrons. The Balaban J connectivity index is 2.39. The molecule has 0 aromatic carbocycles. The summed E-state index contributed by atoms with van der Waals surface area (Å²) in [4.78, 5) is 10.2. The highest BCUT2D eigenvalue weighted by Gasteiger charge is 2.23. The van der Waals surface area contributed by atoms with Crippen molar-refractivity contribution in [3.05, 3.63) is 12.7 Å². The first-order chi connectivity index (χ1) is 5.38. The van der Waals surface area contributed by atoms with Gasteiger partial charge in [0.05, 0.1) is 13.2 Å². The van der Waals surface area contributed by atoms with Crippen LogP contribution in [0, 0.1) is 5.92 Å². The van der Waals surface area contributed by atoms with Crippen LogP contribution in [0.2, 0.25) is 0 Å². The fraction of sp³-hybridized carbons (Fsp3) is 0.625. The molecule has 0 saturated carbocycles. The summed E-state index contributed by atoms with van der Waals surface area (Å²) < 4.78 is 10.4. The van der Waals surface area contributed by atoms with E-state index in [0.29, 0.717) is 19.6 Å². The summed E-state index contributed by atoms with van der Waals surface area (Å²) in [6.07, 6.45) is 2.73. The minimum atomic E-state index is -0.252. The van der Waals surface area contributed by atoms with Gasteiger partial charge >= 0.3 is 0 Å². The van der Waals surface area contributed by atoms with Crippen molar-refractivity contribution < 1.29 is 14.3 Å². The Hall–Kier alpha value is -0.670. The number of hydrogen-bond donors (Lipinski definition) is 0. The topological polar surface area (TPSA) is 35.5 Å². The van der Waals surface area contributed by atoms with Crippen molar-refractivity contribution in [3.8, 4) is 0 Å². The average molecular weight is 156 g/mol. The van der Waals surface area contributed by atoms with E-state index in [9.17, 15) is 4.79 Å². The van der Waals surface area contributed by atoms with E-state index in [1.807, 2.05) is 0 Å². The Morgan fingerprint density at radius 3 is 2.64 bits per heavy atom. The van der Waals surface area contributed by atoms with Gasteiger partial charge in [-0.25, -0.2) is 0 Å². The SMILES string of the molecule is C=CC(CC=O)C1OCCO1. The van der Waals surface area contributed by atoms with Gasteiger partial charge in [0, 0.05) is 12.3 Å². The number of ether oxygens (including phenoxy) is 2. The maximum Gasteiger partial charge on any atom is 0.164 e. The summed E-state index contributed by atoms with van der Waals surface area (Å²) in [6.45, 7) is 4.84. The summed E-state index contributed by atoms with van der Waals surface area (Å²) in [5, 5.41) is 0. The summed E-state index contributed by atoms with van der Waals surface area (Å²) in [6, 6.07) is 0. The Morgan fingerprint density at radius 1 is 1.55 bits per heavy atom. The van der Waals surface area contributed by atoms with Crippen molar-refractivity contribution in [1.29, 1.82) is 0 Å². The lowest BCUT2D eigenvalue weighted by Gasteiger charge is -2.15. The molecular formula is C8H12O3. The molecular weight excluding hydrogens is 144 g/mol. The van der Waals surface area contributed by atoms with Gasteiger partial charge in [0.15, 0.2) is 6.29 Å². The van der Waals surface area contributed by atoms with E-state index in [0.717, 1.165) is 6.29 Å². The van der Waals surface area contributed by atoms with Crippen LogP contribution in [0.4, 0.5) is 0 Å². The van der Waals surface area contributed by atoms with Gasteiger partial charge in [-0.05, 0) is 0 Å². The second-order valence-electron chi connectivity index (χ2n) is 2.41. The quantitative estimate of drug-likeness (QED) is 0.445. The zero-order valence-corrected chi connectivity index (χ0v) is 6.36. The van der Waals surface area contributed by atoms with E-state index in [1.165, 1.54) is 0 Å². The predicted octanol–water partition coefficient (Wildman–Crippen LogP) is 0.750. The molecule has 1 aliphatic rings. The van der Waals surface area contributed by atoms with E-state index >= 15 is 0 Å². The van der Waals surface area contributed by atoms with Crippen LogP contribution in [0.25, 0.3) is 0 Å². The molecule has 0 bridgehead atoms. The molecule has 11 heavy (non-hydrogen) atoms. The summed E-state index contributed by atoms with van der Waals surface area (Å²) in [5.74, 6) is 0.00926. The van der Waals surface area contributed by atoms with Gasteiger partial charge < -0.3 is 14.3 Å². The number of carbonyl (C=O) groups excluding carboxylic acids is 1. The molecule has 1 heterocycles. The van der Waals surface area contributed by atoms with E-state index in [-0.39, 0.29) is 12.2 Å². The molecule has 1 saturated heterocycles. The van der Waals surface area contributed by atoms with E-state index in [2.05, 4.69) is 6.58 Å². The van der Waals surface area contributed by atoms with Crippen molar-refractivity contribution in [2.45, 2.75) is 12.7 Å². The van der Waals surface area contributed by atoms with Crippen LogP contribution in [-0.2, 0) is 14.3 Å². The van der Waals surface area contributed by atoms with Gasteiger partial charge in [-0.15, -0.1) is 6.58 Å². The zero-order chi connectivity index (χ0) is 8.10. The third-order valence-electron chi connectivity index (χ3n) is 1.67. The predicted molar refractivity (Wildman–Crippen MR) is 40.1 cm³/mol. The van der Waals surface area contributed by atoms with Crippen molar-refractivity contribution in [1.82, 2.24) is 0 Å². The maximum absolute atomic E-state index is 10.2. The largest absolute Gasteiger partial charge is 0.350 e. The minimum Gasteiger partial charge on any atom is -0.350 e. The molecule has 0 aromatic heterocycles. The average Bonchev–Trinajstić information content (AvgIpc) is 2.52. The molecule has 0 spiro atoms. The highest BCUT2D eigenvalue weighted by Crippen LogP contribution is 2.17. The number of carbonyl (C=O) groups is 1. The molecule has 3 heteroatoms. The molecule has 3 nitrogen and oxygen atoms in total. The molecule has 1 aliphatic heterocycles. The molecule has 1 fully saturated rings. The third-order valence-corrected chi connectivity index (χ3v) is 1.67. The van der Waals surface area contributed by atoms with Crippen LogP contribution in [0.1, 0.15) is 6.42 Å². The van der Waals surface area contributed by atoms with Crippen LogP contribution in [0.15, 0.2) is 12.7 Å². The number of hydrogen-bond acceptors (Lipinski definition) is 3. The lowest BCUT2D eigenvalue weighted by atomic mass is 10.1. The molecule has 0 aliphatic carbocycles. The van der Waals surface area contributed by atoms with E-state index in [1.54, 1.807) is 6.08 Å². The molecule has 1 unspecified atom stereocenters. The smallest absolute Gasteiger partial charge is 0.164 e. The molecule has 0 aromatic rings. The Kier molecular flexibility index (Phi) is 3.26. The van der Waals surface area contributed by atoms with Gasteiger partial charge in [-0.3, -0.25) is 0 Å². The van der Waals surface area contributed by atoms with Gasteiger partial charge in [0.2, 0.25) is 0 Å². The van der Waals surface area contributed by atoms with Crippen LogP contribution in [0.3, 0.4) is 0 Å². The summed E-state index contributed by atoms with van der Waals surface area (Å²) in [5.41, 5.74) is 0. The number of rotatable bonds is 4. The molecule has 1 atom stereocenters. The van der Waals surface area contributed by atoms with Gasteiger partial charge in [-0.2, -0.15) is 0 Å². The number of aldehydes is 1. The maximum atomic E-state index is 10.2. The van der Waals surface area contributed by atoms with Crippen LogP contribution < -0.4 is 0 Å². The van der Waals surface area contributed by atoms with Crippen molar-refractivity contribution in [2.24, 2.45) is 5.92 Å².